The molecule has 212 valence electrons. The number of alkyl carbamates (subject to hydrolysis) is 1. The van der Waals surface area contributed by atoms with Crippen LogP contribution in [0.1, 0.15) is 41.5 Å². The third-order valence-corrected chi connectivity index (χ3v) is 5.53. The zero-order chi connectivity index (χ0) is 28.1. The molecule has 1 N–H and O–H groups in total. The van der Waals surface area contributed by atoms with Crippen LogP contribution < -0.4 is 5.32 Å². The molecule has 1 aliphatic heterocycles. The van der Waals surface area contributed by atoms with Crippen molar-refractivity contribution in [1.82, 2.24) is 10.2 Å². The predicted molar refractivity (Wildman–Crippen MR) is 131 cm³/mol. The number of carbonyl (C=O) groups excluding carboxylic acids is 5. The second kappa shape index (κ2) is 15.6. The number of carbonyl (C=O) groups is 5. The Labute approximate surface area is 221 Å². The van der Waals surface area contributed by atoms with E-state index in [0.717, 1.165) is 0 Å². The van der Waals surface area contributed by atoms with Crippen LogP contribution in [0.15, 0.2) is 0 Å². The zero-order valence-electron chi connectivity index (χ0n) is 22.3. The molecule has 0 radical (unpaired) electrons. The van der Waals surface area contributed by atoms with Crippen molar-refractivity contribution >= 4 is 41.1 Å². The van der Waals surface area contributed by atoms with E-state index in [9.17, 15) is 24.0 Å². The van der Waals surface area contributed by atoms with Crippen LogP contribution in [0, 0.1) is 10.8 Å². The van der Waals surface area contributed by atoms with Crippen LogP contribution >= 0.6 is 11.8 Å². The summed E-state index contributed by atoms with van der Waals surface area (Å²) < 4.78 is 29.9. The van der Waals surface area contributed by atoms with Gasteiger partial charge in [0, 0.05) is 25.4 Å². The van der Waals surface area contributed by atoms with Gasteiger partial charge in [-0.15, -0.1) is 0 Å². The highest BCUT2D eigenvalue weighted by atomic mass is 32.2. The fourth-order valence-electron chi connectivity index (χ4n) is 2.45. The van der Waals surface area contributed by atoms with Crippen LogP contribution in [0.25, 0.3) is 0 Å². The first-order valence-electron chi connectivity index (χ1n) is 11.7. The van der Waals surface area contributed by atoms with E-state index in [4.69, 9.17) is 28.4 Å². The van der Waals surface area contributed by atoms with Crippen LogP contribution in [-0.2, 0) is 42.8 Å². The minimum absolute atomic E-state index is 0.0626. The lowest BCUT2D eigenvalue weighted by atomic mass is 9.97. The fraction of sp³-hybridized carbons (Fsp3) is 0.783. The normalized spacial score (nSPS) is 15.2. The van der Waals surface area contributed by atoms with Crippen LogP contribution in [0.2, 0.25) is 0 Å². The molecule has 1 saturated heterocycles. The van der Waals surface area contributed by atoms with Crippen molar-refractivity contribution in [3.63, 3.8) is 0 Å². The number of rotatable bonds is 11. The summed E-state index contributed by atoms with van der Waals surface area (Å²) in [6.07, 6.45) is -1.05. The SMILES string of the molecule is CC(C)(C)C(=O)OCOC(=O)N[C@@H](CSC(=O)OCOC(=O)C(C)(C)C)C(=O)OCCN1CCOCC1. The van der Waals surface area contributed by atoms with Gasteiger partial charge in [-0.3, -0.25) is 14.5 Å². The number of hydrogen-bond acceptors (Lipinski definition) is 13. The van der Waals surface area contributed by atoms with Gasteiger partial charge in [0.1, 0.15) is 12.6 Å². The lowest BCUT2D eigenvalue weighted by Crippen LogP contribution is -2.45. The second-order valence-corrected chi connectivity index (χ2v) is 11.0. The monoisotopic (exact) mass is 550 g/mol. The number of morpholine rings is 1. The number of ether oxygens (including phenoxy) is 6. The summed E-state index contributed by atoms with van der Waals surface area (Å²) >= 11 is 0.572. The van der Waals surface area contributed by atoms with E-state index >= 15 is 0 Å². The Balaban J connectivity index is 2.57. The molecule has 0 aliphatic carbocycles. The molecular weight excluding hydrogens is 512 g/mol. The molecule has 1 aliphatic rings. The van der Waals surface area contributed by atoms with Gasteiger partial charge < -0.3 is 33.7 Å². The Morgan fingerprint density at radius 3 is 1.92 bits per heavy atom. The second-order valence-electron chi connectivity index (χ2n) is 10.1. The highest BCUT2D eigenvalue weighted by molar-refractivity contribution is 8.13. The van der Waals surface area contributed by atoms with Crippen molar-refractivity contribution < 1.29 is 52.4 Å². The molecule has 1 fully saturated rings. The summed E-state index contributed by atoms with van der Waals surface area (Å²) in [6, 6.07) is -1.27. The Morgan fingerprint density at radius 1 is 0.838 bits per heavy atom. The summed E-state index contributed by atoms with van der Waals surface area (Å²) in [6.45, 7) is 11.7. The van der Waals surface area contributed by atoms with Crippen LogP contribution in [0.3, 0.4) is 0 Å². The van der Waals surface area contributed by atoms with Gasteiger partial charge in [0.05, 0.1) is 24.0 Å². The molecule has 0 unspecified atom stereocenters. The van der Waals surface area contributed by atoms with E-state index in [1.54, 1.807) is 41.5 Å². The van der Waals surface area contributed by atoms with Gasteiger partial charge in [-0.1, -0.05) is 0 Å². The molecular formula is C23H38N2O11S. The highest BCUT2D eigenvalue weighted by Gasteiger charge is 2.27. The molecule has 1 heterocycles. The molecule has 0 aromatic heterocycles. The lowest BCUT2D eigenvalue weighted by molar-refractivity contribution is -0.162. The average Bonchev–Trinajstić information content (AvgIpc) is 2.80. The maximum absolute atomic E-state index is 12.6. The molecule has 1 atom stereocenters. The molecule has 0 saturated carbocycles. The first kappa shape index (κ1) is 32.4. The summed E-state index contributed by atoms with van der Waals surface area (Å²) in [4.78, 5) is 62.4. The first-order valence-corrected chi connectivity index (χ1v) is 12.7. The standard InChI is InChI=1S/C23H38N2O11S/c1-22(2,3)18(27)33-14-35-20(29)24-16(17(26)32-12-9-25-7-10-31-11-8-25)13-37-21(30)36-15-34-19(28)23(4,5)6/h16H,7-15H2,1-6H3,(H,24,29)/t16-/m0/s1. The molecule has 13 nitrogen and oxygen atoms in total. The van der Waals surface area contributed by atoms with Crippen LogP contribution in [-0.4, -0.2) is 99.0 Å². The fourth-order valence-corrected chi connectivity index (χ4v) is 3.10. The van der Waals surface area contributed by atoms with Crippen molar-refractivity contribution in [2.45, 2.75) is 47.6 Å². The Hall–Kier alpha value is -2.58. The number of nitrogens with one attached hydrogen (secondary N) is 1. The third-order valence-electron chi connectivity index (χ3n) is 4.67. The van der Waals surface area contributed by atoms with Gasteiger partial charge in [0.25, 0.3) is 0 Å². The van der Waals surface area contributed by atoms with Gasteiger partial charge >= 0.3 is 29.3 Å². The number of thioether (sulfide) groups is 1. The number of esters is 3. The van der Waals surface area contributed by atoms with E-state index in [-0.39, 0.29) is 12.4 Å². The van der Waals surface area contributed by atoms with Gasteiger partial charge in [-0.05, 0) is 53.3 Å². The van der Waals surface area contributed by atoms with Gasteiger partial charge in [-0.2, -0.15) is 0 Å². The molecule has 0 aromatic carbocycles. The van der Waals surface area contributed by atoms with Crippen molar-refractivity contribution in [2.75, 3.05) is 58.8 Å². The Bertz CT molecular complexity index is 787. The molecule has 0 bridgehead atoms. The van der Waals surface area contributed by atoms with E-state index in [1.807, 2.05) is 0 Å². The number of amides is 1. The minimum Gasteiger partial charge on any atom is -0.463 e. The summed E-state index contributed by atoms with van der Waals surface area (Å²) in [5, 5.41) is 1.46. The summed E-state index contributed by atoms with van der Waals surface area (Å²) in [5.41, 5.74) is -1.55. The summed E-state index contributed by atoms with van der Waals surface area (Å²) in [7, 11) is 0. The van der Waals surface area contributed by atoms with E-state index in [1.165, 1.54) is 0 Å². The molecule has 1 rings (SSSR count). The van der Waals surface area contributed by atoms with Crippen molar-refractivity contribution in [1.29, 1.82) is 0 Å². The molecule has 14 heteroatoms. The lowest BCUT2D eigenvalue weighted by Gasteiger charge is -2.26. The van der Waals surface area contributed by atoms with Crippen molar-refractivity contribution in [2.24, 2.45) is 10.8 Å². The van der Waals surface area contributed by atoms with E-state index in [0.29, 0.717) is 44.6 Å². The Morgan fingerprint density at radius 2 is 1.38 bits per heavy atom. The van der Waals surface area contributed by atoms with Crippen molar-refractivity contribution in [3.8, 4) is 0 Å². The molecule has 0 spiro atoms. The van der Waals surface area contributed by atoms with Crippen LogP contribution in [0.5, 0.6) is 0 Å². The van der Waals surface area contributed by atoms with Gasteiger partial charge in [0.2, 0.25) is 13.6 Å². The van der Waals surface area contributed by atoms with Crippen molar-refractivity contribution in [3.05, 3.63) is 0 Å². The largest absolute Gasteiger partial charge is 0.463 e. The van der Waals surface area contributed by atoms with Crippen LogP contribution in [0.4, 0.5) is 9.59 Å². The zero-order valence-corrected chi connectivity index (χ0v) is 23.1. The number of nitrogens with zero attached hydrogens (tertiary/aromatic N) is 1. The number of hydrogen-bond donors (Lipinski definition) is 1. The molecule has 37 heavy (non-hydrogen) atoms. The average molecular weight is 551 g/mol. The smallest absolute Gasteiger partial charge is 0.410 e. The van der Waals surface area contributed by atoms with Gasteiger partial charge in [-0.25, -0.2) is 14.4 Å². The molecule has 1 amide bonds. The first-order chi connectivity index (χ1) is 17.2. The summed E-state index contributed by atoms with van der Waals surface area (Å²) in [5.74, 6) is -2.18. The van der Waals surface area contributed by atoms with E-state index < -0.39 is 59.8 Å². The predicted octanol–water partition coefficient (Wildman–Crippen LogP) is 1.92. The maximum atomic E-state index is 12.6. The quantitative estimate of drug-likeness (QED) is 0.226. The maximum Gasteiger partial charge on any atom is 0.410 e. The van der Waals surface area contributed by atoms with Gasteiger partial charge in [0.15, 0.2) is 0 Å². The highest BCUT2D eigenvalue weighted by Crippen LogP contribution is 2.16. The topological polar surface area (TPSA) is 156 Å². The minimum atomic E-state index is -1.27. The third kappa shape index (κ3) is 14.1. The molecule has 0 aromatic rings. The van der Waals surface area contributed by atoms with E-state index in [2.05, 4.69) is 10.2 Å². The Kier molecular flexibility index (Phi) is 13.7.